The molecule has 0 bridgehead atoms. The molecule has 1 saturated carbocycles. The molecule has 1 aromatic heterocycles. The highest BCUT2D eigenvalue weighted by Gasteiger charge is 2.54. The van der Waals surface area contributed by atoms with Crippen molar-refractivity contribution in [1.29, 1.82) is 0 Å². The van der Waals surface area contributed by atoms with Crippen LogP contribution in [0.1, 0.15) is 41.7 Å². The number of aryl methyl sites for hydroxylation is 1. The van der Waals surface area contributed by atoms with Crippen LogP contribution in [0.15, 0.2) is 52.9 Å². The molecule has 1 aliphatic carbocycles. The Morgan fingerprint density at radius 2 is 1.83 bits per heavy atom. The summed E-state index contributed by atoms with van der Waals surface area (Å²) in [5.41, 5.74) is 3.11. The van der Waals surface area contributed by atoms with Gasteiger partial charge in [-0.1, -0.05) is 42.5 Å². The second kappa shape index (κ2) is 7.23. The van der Waals surface area contributed by atoms with E-state index in [0.717, 1.165) is 48.3 Å². The standard InChI is InChI=1S/C26H31NO3/c1-18-8-4-6-10-22(18)26(28)14-13-25(16-19(26)17-27(2)3)24-21(12-15-29-25)20-9-5-7-11-23(20)30-24/h4-11,19,28H,12-17H2,1-3H3. The van der Waals surface area contributed by atoms with Gasteiger partial charge in [-0.2, -0.15) is 0 Å². The van der Waals surface area contributed by atoms with E-state index in [4.69, 9.17) is 9.15 Å². The minimum Gasteiger partial charge on any atom is -0.458 e. The molecule has 0 amide bonds. The van der Waals surface area contributed by atoms with Crippen LogP contribution in [-0.4, -0.2) is 37.3 Å². The number of aliphatic hydroxyl groups is 1. The van der Waals surface area contributed by atoms with E-state index in [1.165, 1.54) is 10.9 Å². The summed E-state index contributed by atoms with van der Waals surface area (Å²) in [5.74, 6) is 1.03. The first-order valence-electron chi connectivity index (χ1n) is 11.0. The second-order valence-corrected chi connectivity index (χ2v) is 9.40. The van der Waals surface area contributed by atoms with E-state index < -0.39 is 11.2 Å². The van der Waals surface area contributed by atoms with Gasteiger partial charge in [0, 0.05) is 23.4 Å². The molecule has 2 aliphatic rings. The smallest absolute Gasteiger partial charge is 0.140 e. The van der Waals surface area contributed by atoms with Gasteiger partial charge in [0.25, 0.3) is 0 Å². The van der Waals surface area contributed by atoms with Crippen molar-refractivity contribution in [2.45, 2.75) is 43.8 Å². The molecule has 0 radical (unpaired) electrons. The maximum Gasteiger partial charge on any atom is 0.140 e. The molecule has 4 heteroatoms. The van der Waals surface area contributed by atoms with Crippen molar-refractivity contribution in [3.05, 3.63) is 71.0 Å². The Labute approximate surface area is 178 Å². The molecule has 5 rings (SSSR count). The van der Waals surface area contributed by atoms with Crippen LogP contribution in [0.5, 0.6) is 0 Å². The van der Waals surface area contributed by atoms with Gasteiger partial charge in [0.1, 0.15) is 16.9 Å². The molecule has 1 N–H and O–H groups in total. The molecular formula is C26H31NO3. The zero-order chi connectivity index (χ0) is 20.9. The van der Waals surface area contributed by atoms with Gasteiger partial charge in [0.2, 0.25) is 0 Å². The SMILES string of the molecule is Cc1ccccc1C1(O)CCC2(CC1CN(C)C)OCCc1c2oc2ccccc12. The minimum absolute atomic E-state index is 0.0431. The third-order valence-electron chi connectivity index (χ3n) is 7.20. The lowest BCUT2D eigenvalue weighted by atomic mass is 9.63. The van der Waals surface area contributed by atoms with Crippen molar-refractivity contribution in [1.82, 2.24) is 4.90 Å². The lowest BCUT2D eigenvalue weighted by Gasteiger charge is -2.50. The van der Waals surface area contributed by atoms with Crippen LogP contribution in [0.2, 0.25) is 0 Å². The summed E-state index contributed by atoms with van der Waals surface area (Å²) in [6.07, 6.45) is 3.05. The fourth-order valence-corrected chi connectivity index (χ4v) is 5.80. The van der Waals surface area contributed by atoms with Gasteiger partial charge in [0.05, 0.1) is 12.2 Å². The van der Waals surface area contributed by atoms with Crippen molar-refractivity contribution in [3.63, 3.8) is 0 Å². The normalized spacial score (nSPS) is 28.9. The van der Waals surface area contributed by atoms with E-state index in [2.05, 4.69) is 50.2 Å². The van der Waals surface area contributed by atoms with Gasteiger partial charge < -0.3 is 19.2 Å². The van der Waals surface area contributed by atoms with Gasteiger partial charge in [-0.3, -0.25) is 0 Å². The van der Waals surface area contributed by atoms with E-state index in [-0.39, 0.29) is 5.92 Å². The lowest BCUT2D eigenvalue weighted by Crippen LogP contribution is -2.52. The molecule has 3 unspecified atom stereocenters. The number of ether oxygens (including phenoxy) is 1. The predicted octanol–water partition coefficient (Wildman–Crippen LogP) is 4.76. The summed E-state index contributed by atoms with van der Waals surface area (Å²) in [6, 6.07) is 16.6. The fourth-order valence-electron chi connectivity index (χ4n) is 5.80. The number of para-hydroxylation sites is 1. The lowest BCUT2D eigenvalue weighted by molar-refractivity contribution is -0.172. The largest absolute Gasteiger partial charge is 0.458 e. The minimum atomic E-state index is -0.867. The quantitative estimate of drug-likeness (QED) is 0.683. The summed E-state index contributed by atoms with van der Waals surface area (Å²) in [6.45, 7) is 3.60. The zero-order valence-corrected chi connectivity index (χ0v) is 18.1. The summed E-state index contributed by atoms with van der Waals surface area (Å²) >= 11 is 0. The predicted molar refractivity (Wildman–Crippen MR) is 119 cm³/mol. The zero-order valence-electron chi connectivity index (χ0n) is 18.1. The van der Waals surface area contributed by atoms with E-state index >= 15 is 0 Å². The fraction of sp³-hybridized carbons (Fsp3) is 0.462. The molecule has 4 nitrogen and oxygen atoms in total. The average molecular weight is 406 g/mol. The summed E-state index contributed by atoms with van der Waals surface area (Å²) in [5, 5.41) is 13.2. The summed E-state index contributed by atoms with van der Waals surface area (Å²) < 4.78 is 12.9. The third kappa shape index (κ3) is 3.01. The highest BCUT2D eigenvalue weighted by molar-refractivity contribution is 5.82. The Hall–Kier alpha value is -2.14. The van der Waals surface area contributed by atoms with Crippen molar-refractivity contribution < 1.29 is 14.3 Å². The van der Waals surface area contributed by atoms with Gasteiger partial charge >= 0.3 is 0 Å². The summed E-state index contributed by atoms with van der Waals surface area (Å²) in [7, 11) is 4.15. The number of nitrogens with zero attached hydrogens (tertiary/aromatic N) is 1. The van der Waals surface area contributed by atoms with Crippen molar-refractivity contribution in [2.24, 2.45) is 5.92 Å². The highest BCUT2D eigenvalue weighted by atomic mass is 16.5. The van der Waals surface area contributed by atoms with Gasteiger partial charge in [-0.25, -0.2) is 0 Å². The van der Waals surface area contributed by atoms with Crippen LogP contribution < -0.4 is 0 Å². The highest BCUT2D eigenvalue weighted by Crippen LogP contribution is 2.54. The number of hydrogen-bond donors (Lipinski definition) is 1. The monoisotopic (exact) mass is 405 g/mol. The molecule has 30 heavy (non-hydrogen) atoms. The van der Waals surface area contributed by atoms with Gasteiger partial charge in [-0.15, -0.1) is 0 Å². The van der Waals surface area contributed by atoms with Crippen molar-refractivity contribution in [3.8, 4) is 0 Å². The maximum absolute atomic E-state index is 12.0. The van der Waals surface area contributed by atoms with E-state index in [0.29, 0.717) is 13.0 Å². The van der Waals surface area contributed by atoms with Crippen LogP contribution in [-0.2, 0) is 22.4 Å². The summed E-state index contributed by atoms with van der Waals surface area (Å²) in [4.78, 5) is 2.18. The number of hydrogen-bond acceptors (Lipinski definition) is 4. The molecular weight excluding hydrogens is 374 g/mol. The van der Waals surface area contributed by atoms with Gasteiger partial charge in [-0.05, 0) is 63.9 Å². The molecule has 0 saturated heterocycles. The first-order chi connectivity index (χ1) is 14.4. The molecule has 1 aliphatic heterocycles. The molecule has 1 spiro atoms. The number of fused-ring (bicyclic) bond motifs is 4. The Morgan fingerprint density at radius 3 is 2.63 bits per heavy atom. The van der Waals surface area contributed by atoms with Crippen molar-refractivity contribution >= 4 is 11.0 Å². The first kappa shape index (κ1) is 19.8. The second-order valence-electron chi connectivity index (χ2n) is 9.40. The topological polar surface area (TPSA) is 45.8 Å². The first-order valence-corrected chi connectivity index (χ1v) is 11.0. The molecule has 3 atom stereocenters. The van der Waals surface area contributed by atoms with E-state index in [1.807, 2.05) is 24.3 Å². The molecule has 158 valence electrons. The Kier molecular flexibility index (Phi) is 4.77. The van der Waals surface area contributed by atoms with Crippen LogP contribution >= 0.6 is 0 Å². The third-order valence-corrected chi connectivity index (χ3v) is 7.20. The Balaban J connectivity index is 1.59. The van der Waals surface area contributed by atoms with Crippen LogP contribution in [0, 0.1) is 12.8 Å². The van der Waals surface area contributed by atoms with E-state index in [1.54, 1.807) is 0 Å². The molecule has 1 fully saturated rings. The van der Waals surface area contributed by atoms with Crippen LogP contribution in [0.3, 0.4) is 0 Å². The van der Waals surface area contributed by atoms with E-state index in [9.17, 15) is 5.11 Å². The Morgan fingerprint density at radius 1 is 1.07 bits per heavy atom. The Bertz CT molecular complexity index is 1070. The van der Waals surface area contributed by atoms with Crippen LogP contribution in [0.25, 0.3) is 11.0 Å². The molecule has 3 aromatic rings. The average Bonchev–Trinajstić information content (AvgIpc) is 3.11. The molecule has 2 aromatic carbocycles. The molecule has 2 heterocycles. The van der Waals surface area contributed by atoms with Crippen molar-refractivity contribution in [2.75, 3.05) is 27.2 Å². The maximum atomic E-state index is 12.0. The van der Waals surface area contributed by atoms with Crippen LogP contribution in [0.4, 0.5) is 0 Å². The number of rotatable bonds is 3. The number of benzene rings is 2. The van der Waals surface area contributed by atoms with Gasteiger partial charge in [0.15, 0.2) is 0 Å². The number of furan rings is 1.